The molecule has 4 rings (SSSR count). The molecule has 2 aromatic rings. The van der Waals surface area contributed by atoms with Crippen LogP contribution in [0.5, 0.6) is 0 Å². The highest BCUT2D eigenvalue weighted by Crippen LogP contribution is 2.42. The number of rotatable bonds is 4. The van der Waals surface area contributed by atoms with Gasteiger partial charge in [0.1, 0.15) is 10.8 Å². The van der Waals surface area contributed by atoms with Crippen LogP contribution in [0.2, 0.25) is 0 Å². The van der Waals surface area contributed by atoms with Crippen molar-refractivity contribution >= 4 is 28.2 Å². The summed E-state index contributed by atoms with van der Waals surface area (Å²) in [4.78, 5) is 15.5. The summed E-state index contributed by atoms with van der Waals surface area (Å²) < 4.78 is 0. The molecule has 3 heterocycles. The van der Waals surface area contributed by atoms with Crippen LogP contribution in [0, 0.1) is 0 Å². The maximum Gasteiger partial charge on any atom is 0.226 e. The Hall–Kier alpha value is -1.96. The van der Waals surface area contributed by atoms with Crippen molar-refractivity contribution in [1.29, 1.82) is 0 Å². The molecule has 7 nitrogen and oxygen atoms in total. The third kappa shape index (κ3) is 3.08. The van der Waals surface area contributed by atoms with Crippen molar-refractivity contribution in [3.63, 3.8) is 0 Å². The lowest BCUT2D eigenvalue weighted by molar-refractivity contribution is 0.642. The quantitative estimate of drug-likeness (QED) is 0.843. The number of aromatic nitrogens is 4. The zero-order valence-corrected chi connectivity index (χ0v) is 14.3. The summed E-state index contributed by atoms with van der Waals surface area (Å²) in [6.45, 7) is 3.81. The van der Waals surface area contributed by atoms with Gasteiger partial charge in [0.15, 0.2) is 0 Å². The second-order valence-corrected chi connectivity index (χ2v) is 7.27. The van der Waals surface area contributed by atoms with E-state index in [1.54, 1.807) is 11.3 Å². The van der Waals surface area contributed by atoms with Gasteiger partial charge in [-0.15, -0.1) is 10.2 Å². The molecule has 0 spiro atoms. The lowest BCUT2D eigenvalue weighted by atomic mass is 10.3. The minimum Gasteiger partial charge on any atom is -0.353 e. The Labute approximate surface area is 140 Å². The van der Waals surface area contributed by atoms with E-state index in [1.807, 2.05) is 31.3 Å². The van der Waals surface area contributed by atoms with E-state index in [2.05, 4.69) is 30.0 Å². The fourth-order valence-electron chi connectivity index (χ4n) is 2.71. The van der Waals surface area contributed by atoms with Crippen LogP contribution in [0.1, 0.15) is 23.8 Å². The molecule has 2 fully saturated rings. The Balaban J connectivity index is 1.41. The summed E-state index contributed by atoms with van der Waals surface area (Å²) in [5.74, 6) is 2.44. The fourth-order valence-corrected chi connectivity index (χ4v) is 3.77. The minimum atomic E-state index is 0.688. The monoisotopic (exact) mass is 331 g/mol. The average molecular weight is 331 g/mol. The topological polar surface area (TPSA) is 61.3 Å². The summed E-state index contributed by atoms with van der Waals surface area (Å²) >= 11 is 1.77. The molecule has 2 aliphatic rings. The fraction of sp³-hybridized carbons (Fsp3) is 0.600. The Kier molecular flexibility index (Phi) is 3.76. The van der Waals surface area contributed by atoms with E-state index in [9.17, 15) is 0 Å². The molecule has 0 aromatic carbocycles. The minimum absolute atomic E-state index is 0.688. The average Bonchev–Trinajstić information content (AvgIpc) is 3.32. The predicted molar refractivity (Wildman–Crippen MR) is 92.7 cm³/mol. The molecular formula is C15H21N7S. The molecule has 8 heteroatoms. The van der Waals surface area contributed by atoms with Gasteiger partial charge in [0.25, 0.3) is 0 Å². The van der Waals surface area contributed by atoms with Gasteiger partial charge in [0.2, 0.25) is 11.1 Å². The number of nitrogens with zero attached hydrogens (tertiary/aromatic N) is 7. The first-order valence-electron chi connectivity index (χ1n) is 8.04. The molecule has 1 aliphatic heterocycles. The maximum absolute atomic E-state index is 4.63. The second kappa shape index (κ2) is 5.92. The van der Waals surface area contributed by atoms with E-state index in [4.69, 9.17) is 0 Å². The lowest BCUT2D eigenvalue weighted by Gasteiger charge is -2.35. The van der Waals surface area contributed by atoms with Crippen molar-refractivity contribution in [2.24, 2.45) is 0 Å². The third-order valence-electron chi connectivity index (χ3n) is 4.26. The Morgan fingerprint density at radius 2 is 1.83 bits per heavy atom. The van der Waals surface area contributed by atoms with Gasteiger partial charge in [0.05, 0.1) is 0 Å². The van der Waals surface area contributed by atoms with Crippen molar-refractivity contribution in [3.8, 4) is 0 Å². The molecule has 1 saturated heterocycles. The Bertz CT molecular complexity index is 674. The van der Waals surface area contributed by atoms with E-state index < -0.39 is 0 Å². The number of hydrogen-bond donors (Lipinski definition) is 0. The van der Waals surface area contributed by atoms with Crippen molar-refractivity contribution in [1.82, 2.24) is 20.2 Å². The van der Waals surface area contributed by atoms with Crippen molar-refractivity contribution in [3.05, 3.63) is 17.3 Å². The summed E-state index contributed by atoms with van der Waals surface area (Å²) in [7, 11) is 3.92. The van der Waals surface area contributed by atoms with E-state index in [0.29, 0.717) is 5.92 Å². The zero-order chi connectivity index (χ0) is 15.8. The molecule has 0 radical (unpaired) electrons. The van der Waals surface area contributed by atoms with Crippen LogP contribution in [0.15, 0.2) is 12.3 Å². The van der Waals surface area contributed by atoms with Crippen molar-refractivity contribution in [2.75, 3.05) is 55.0 Å². The van der Waals surface area contributed by atoms with Gasteiger partial charge < -0.3 is 14.7 Å². The first-order valence-corrected chi connectivity index (χ1v) is 8.86. The molecule has 0 amide bonds. The third-order valence-corrected chi connectivity index (χ3v) is 5.41. The molecule has 1 aliphatic carbocycles. The van der Waals surface area contributed by atoms with Crippen molar-refractivity contribution in [2.45, 2.75) is 18.8 Å². The van der Waals surface area contributed by atoms with Gasteiger partial charge >= 0.3 is 0 Å². The van der Waals surface area contributed by atoms with Gasteiger partial charge in [-0.1, -0.05) is 11.3 Å². The van der Waals surface area contributed by atoms with Crippen LogP contribution in [0.25, 0.3) is 0 Å². The first-order chi connectivity index (χ1) is 11.2. The second-order valence-electron chi connectivity index (χ2n) is 6.28. The summed E-state index contributed by atoms with van der Waals surface area (Å²) in [5.41, 5.74) is 0. The highest BCUT2D eigenvalue weighted by Gasteiger charge is 2.29. The van der Waals surface area contributed by atoms with Crippen LogP contribution in [-0.2, 0) is 0 Å². The van der Waals surface area contributed by atoms with E-state index in [1.165, 1.54) is 17.8 Å². The molecule has 23 heavy (non-hydrogen) atoms. The lowest BCUT2D eigenvalue weighted by Crippen LogP contribution is -2.46. The molecule has 1 saturated carbocycles. The molecule has 0 bridgehead atoms. The van der Waals surface area contributed by atoms with Crippen molar-refractivity contribution < 1.29 is 0 Å². The largest absolute Gasteiger partial charge is 0.353 e. The first kappa shape index (κ1) is 14.6. The van der Waals surface area contributed by atoms with Crippen LogP contribution in [0.3, 0.4) is 0 Å². The smallest absolute Gasteiger partial charge is 0.226 e. The summed E-state index contributed by atoms with van der Waals surface area (Å²) in [6, 6.07) is 1.98. The van der Waals surface area contributed by atoms with Gasteiger partial charge in [-0.25, -0.2) is 4.98 Å². The van der Waals surface area contributed by atoms with Gasteiger partial charge in [0, 0.05) is 52.4 Å². The summed E-state index contributed by atoms with van der Waals surface area (Å²) in [5, 5.41) is 11.0. The van der Waals surface area contributed by atoms with Crippen LogP contribution in [-0.4, -0.2) is 60.4 Å². The standard InChI is InChI=1S/C15H21N7S/c1-20(2)14-16-6-5-12(17-14)21-7-9-22(10-8-21)15-19-18-13(23-15)11-3-4-11/h5-6,11H,3-4,7-10H2,1-2H3. The van der Waals surface area contributed by atoms with Gasteiger partial charge in [-0.3, -0.25) is 0 Å². The SMILES string of the molecule is CN(C)c1nccc(N2CCN(c3nnc(C4CC4)s3)CC2)n1. The Morgan fingerprint density at radius 3 is 2.52 bits per heavy atom. The zero-order valence-electron chi connectivity index (χ0n) is 13.5. The molecule has 0 N–H and O–H groups in total. The molecule has 0 atom stereocenters. The highest BCUT2D eigenvalue weighted by molar-refractivity contribution is 7.15. The van der Waals surface area contributed by atoms with Crippen LogP contribution in [0.4, 0.5) is 16.9 Å². The molecule has 0 unspecified atom stereocenters. The van der Waals surface area contributed by atoms with Crippen LogP contribution >= 0.6 is 11.3 Å². The number of hydrogen-bond acceptors (Lipinski definition) is 8. The van der Waals surface area contributed by atoms with Crippen LogP contribution < -0.4 is 14.7 Å². The normalized spacial score (nSPS) is 18.3. The Morgan fingerprint density at radius 1 is 1.09 bits per heavy atom. The summed E-state index contributed by atoms with van der Waals surface area (Å²) in [6.07, 6.45) is 4.39. The van der Waals surface area contributed by atoms with E-state index in [0.717, 1.165) is 43.1 Å². The van der Waals surface area contributed by atoms with Gasteiger partial charge in [-0.2, -0.15) is 4.98 Å². The van der Waals surface area contributed by atoms with E-state index >= 15 is 0 Å². The predicted octanol–water partition coefficient (Wildman–Crippen LogP) is 1.60. The van der Waals surface area contributed by atoms with Gasteiger partial charge in [-0.05, 0) is 18.9 Å². The number of anilines is 3. The maximum atomic E-state index is 4.63. The van der Waals surface area contributed by atoms with E-state index in [-0.39, 0.29) is 0 Å². The molecule has 122 valence electrons. The highest BCUT2D eigenvalue weighted by atomic mass is 32.1. The molecule has 2 aromatic heterocycles. The molecular weight excluding hydrogens is 310 g/mol. The number of piperazine rings is 1.